The van der Waals surface area contributed by atoms with Crippen molar-refractivity contribution in [3.8, 4) is 11.8 Å². The maximum atomic E-state index is 12.3. The van der Waals surface area contributed by atoms with Crippen molar-refractivity contribution in [3.63, 3.8) is 0 Å². The normalized spacial score (nSPS) is 10.7. The summed E-state index contributed by atoms with van der Waals surface area (Å²) in [5.41, 5.74) is 1.67. The van der Waals surface area contributed by atoms with Crippen LogP contribution in [0, 0.1) is 18.8 Å². The fourth-order valence-corrected chi connectivity index (χ4v) is 1.87. The van der Waals surface area contributed by atoms with Gasteiger partial charge in [0.2, 0.25) is 0 Å². The van der Waals surface area contributed by atoms with E-state index in [4.69, 9.17) is 9.84 Å². The topological polar surface area (TPSA) is 58.6 Å². The minimum atomic E-state index is -0.460. The van der Waals surface area contributed by atoms with E-state index < -0.39 is 5.54 Å². The van der Waals surface area contributed by atoms with Crippen molar-refractivity contribution in [1.82, 2.24) is 5.32 Å². The number of hydrogen-bond donors (Lipinski definition) is 2. The summed E-state index contributed by atoms with van der Waals surface area (Å²) in [7, 11) is 1.60. The highest BCUT2D eigenvalue weighted by Crippen LogP contribution is 2.13. The Morgan fingerprint density at radius 2 is 2.15 bits per heavy atom. The van der Waals surface area contributed by atoms with Crippen LogP contribution in [0.4, 0.5) is 0 Å². The fourth-order valence-electron chi connectivity index (χ4n) is 1.87. The predicted molar refractivity (Wildman–Crippen MR) is 78.6 cm³/mol. The molecule has 0 radical (unpaired) electrons. The largest absolute Gasteiger partial charge is 0.384 e. The van der Waals surface area contributed by atoms with Crippen LogP contribution in [0.25, 0.3) is 0 Å². The highest BCUT2D eigenvalue weighted by atomic mass is 16.5. The molecule has 4 heteroatoms. The van der Waals surface area contributed by atoms with Crippen molar-refractivity contribution < 1.29 is 14.6 Å². The van der Waals surface area contributed by atoms with E-state index in [0.717, 1.165) is 5.56 Å². The highest BCUT2D eigenvalue weighted by Gasteiger charge is 2.22. The van der Waals surface area contributed by atoms with Crippen LogP contribution in [0.3, 0.4) is 0 Å². The lowest BCUT2D eigenvalue weighted by Crippen LogP contribution is -2.47. The van der Waals surface area contributed by atoms with E-state index in [0.29, 0.717) is 17.7 Å². The third-order valence-electron chi connectivity index (χ3n) is 2.68. The Morgan fingerprint density at radius 3 is 2.75 bits per heavy atom. The van der Waals surface area contributed by atoms with E-state index >= 15 is 0 Å². The minimum Gasteiger partial charge on any atom is -0.384 e. The molecule has 1 aromatic carbocycles. The first-order valence-electron chi connectivity index (χ1n) is 6.41. The van der Waals surface area contributed by atoms with Crippen molar-refractivity contribution in [2.75, 3.05) is 20.3 Å². The first kappa shape index (κ1) is 16.2. The van der Waals surface area contributed by atoms with E-state index in [1.807, 2.05) is 32.9 Å². The second-order valence-electron chi connectivity index (χ2n) is 5.28. The first-order chi connectivity index (χ1) is 9.39. The smallest absolute Gasteiger partial charge is 0.253 e. The molecule has 20 heavy (non-hydrogen) atoms. The number of hydrogen-bond acceptors (Lipinski definition) is 3. The summed E-state index contributed by atoms with van der Waals surface area (Å²) < 4.78 is 5.08. The zero-order valence-electron chi connectivity index (χ0n) is 12.4. The second-order valence-corrected chi connectivity index (χ2v) is 5.28. The molecule has 0 atom stereocenters. The van der Waals surface area contributed by atoms with E-state index in [1.165, 1.54) is 0 Å². The van der Waals surface area contributed by atoms with Crippen molar-refractivity contribution in [2.45, 2.75) is 26.3 Å². The first-order valence-corrected chi connectivity index (χ1v) is 6.41. The Hall–Kier alpha value is -1.83. The molecule has 0 aliphatic heterocycles. The van der Waals surface area contributed by atoms with Crippen LogP contribution < -0.4 is 5.32 Å². The number of carbonyl (C=O) groups is 1. The summed E-state index contributed by atoms with van der Waals surface area (Å²) in [6.45, 7) is 5.90. The zero-order valence-corrected chi connectivity index (χ0v) is 12.4. The van der Waals surface area contributed by atoms with Crippen LogP contribution in [0.1, 0.15) is 35.3 Å². The summed E-state index contributed by atoms with van der Waals surface area (Å²) in [4.78, 5) is 12.3. The Balaban J connectivity index is 3.03. The van der Waals surface area contributed by atoms with Gasteiger partial charge in [-0.25, -0.2) is 0 Å². The number of benzene rings is 1. The molecule has 0 spiro atoms. The van der Waals surface area contributed by atoms with Gasteiger partial charge in [0, 0.05) is 12.7 Å². The van der Waals surface area contributed by atoms with Gasteiger partial charge in [-0.2, -0.15) is 0 Å². The molecule has 108 valence electrons. The van der Waals surface area contributed by atoms with Gasteiger partial charge in [-0.05, 0) is 38.5 Å². The SMILES string of the molecule is COCC(C)(C)NC(=O)c1ccc(C)cc1C#CCO. The van der Waals surface area contributed by atoms with Crippen LogP contribution in [-0.2, 0) is 4.74 Å². The molecule has 1 rings (SSSR count). The summed E-state index contributed by atoms with van der Waals surface area (Å²) in [6.07, 6.45) is 0. The molecule has 0 saturated carbocycles. The lowest BCUT2D eigenvalue weighted by atomic mass is 10.0. The number of rotatable bonds is 4. The molecule has 1 aromatic rings. The number of ether oxygens (including phenoxy) is 1. The van der Waals surface area contributed by atoms with Gasteiger partial charge in [0.1, 0.15) is 6.61 Å². The van der Waals surface area contributed by atoms with Crippen molar-refractivity contribution in [3.05, 3.63) is 34.9 Å². The van der Waals surface area contributed by atoms with Crippen LogP contribution in [0.15, 0.2) is 18.2 Å². The maximum absolute atomic E-state index is 12.3. The van der Waals surface area contributed by atoms with Crippen LogP contribution in [0.2, 0.25) is 0 Å². The molecule has 0 aliphatic carbocycles. The Labute approximate surface area is 120 Å². The van der Waals surface area contributed by atoms with Gasteiger partial charge in [0.25, 0.3) is 5.91 Å². The quantitative estimate of drug-likeness (QED) is 0.819. The molecule has 0 aliphatic rings. The maximum Gasteiger partial charge on any atom is 0.253 e. The van der Waals surface area contributed by atoms with E-state index in [-0.39, 0.29) is 12.5 Å². The van der Waals surface area contributed by atoms with Crippen molar-refractivity contribution in [2.24, 2.45) is 0 Å². The van der Waals surface area contributed by atoms with Crippen LogP contribution in [0.5, 0.6) is 0 Å². The molecule has 0 heterocycles. The molecule has 0 fully saturated rings. The number of nitrogens with one attached hydrogen (secondary N) is 1. The molecule has 0 unspecified atom stereocenters. The van der Waals surface area contributed by atoms with Crippen LogP contribution >= 0.6 is 0 Å². The molecule has 1 amide bonds. The summed E-state index contributed by atoms with van der Waals surface area (Å²) >= 11 is 0. The third kappa shape index (κ3) is 4.69. The third-order valence-corrected chi connectivity index (χ3v) is 2.68. The summed E-state index contributed by atoms with van der Waals surface area (Å²) in [5, 5.41) is 11.7. The fraction of sp³-hybridized carbons (Fsp3) is 0.438. The summed E-state index contributed by atoms with van der Waals surface area (Å²) in [6, 6.07) is 5.44. The summed E-state index contributed by atoms with van der Waals surface area (Å²) in [5.74, 6) is 5.19. The van der Waals surface area contributed by atoms with Gasteiger partial charge in [-0.15, -0.1) is 0 Å². The van der Waals surface area contributed by atoms with Gasteiger partial charge < -0.3 is 15.2 Å². The highest BCUT2D eigenvalue weighted by molar-refractivity contribution is 5.97. The van der Waals surface area contributed by atoms with Gasteiger partial charge >= 0.3 is 0 Å². The van der Waals surface area contributed by atoms with Gasteiger partial charge in [-0.3, -0.25) is 4.79 Å². The lowest BCUT2D eigenvalue weighted by Gasteiger charge is -2.25. The number of carbonyl (C=O) groups excluding carboxylic acids is 1. The molecular formula is C16H21NO3. The minimum absolute atomic E-state index is 0.200. The molecular weight excluding hydrogens is 254 g/mol. The molecule has 4 nitrogen and oxygen atoms in total. The number of aryl methyl sites for hydroxylation is 1. The van der Waals surface area contributed by atoms with Gasteiger partial charge in [0.15, 0.2) is 0 Å². The average molecular weight is 275 g/mol. The van der Waals surface area contributed by atoms with Crippen molar-refractivity contribution in [1.29, 1.82) is 0 Å². The van der Waals surface area contributed by atoms with E-state index in [2.05, 4.69) is 17.2 Å². The van der Waals surface area contributed by atoms with Crippen LogP contribution in [-0.4, -0.2) is 36.9 Å². The molecule has 0 aromatic heterocycles. The zero-order chi connectivity index (χ0) is 15.2. The Kier molecular flexibility index (Phi) is 5.75. The Bertz CT molecular complexity index is 538. The predicted octanol–water partition coefficient (Wildman–Crippen LogP) is 1.49. The Morgan fingerprint density at radius 1 is 1.45 bits per heavy atom. The van der Waals surface area contributed by atoms with Gasteiger partial charge in [0.05, 0.1) is 17.7 Å². The molecule has 0 saturated heterocycles. The van der Waals surface area contributed by atoms with E-state index in [9.17, 15) is 4.79 Å². The molecule has 0 bridgehead atoms. The lowest BCUT2D eigenvalue weighted by molar-refractivity contribution is 0.0820. The number of aliphatic hydroxyl groups is 1. The average Bonchev–Trinajstić information content (AvgIpc) is 2.35. The van der Waals surface area contributed by atoms with E-state index in [1.54, 1.807) is 13.2 Å². The number of methoxy groups -OCH3 is 1. The standard InChI is InChI=1S/C16H21NO3/c1-12-7-8-14(13(10-12)6-5-9-18)15(19)17-16(2,3)11-20-4/h7-8,10,18H,9,11H2,1-4H3,(H,17,19). The number of amides is 1. The van der Waals surface area contributed by atoms with Crippen molar-refractivity contribution >= 4 is 5.91 Å². The monoisotopic (exact) mass is 275 g/mol. The van der Waals surface area contributed by atoms with Gasteiger partial charge in [-0.1, -0.05) is 17.9 Å². The number of aliphatic hydroxyl groups excluding tert-OH is 1. The molecule has 2 N–H and O–H groups in total. The second kappa shape index (κ2) is 7.09.